The Morgan fingerprint density at radius 1 is 1.55 bits per heavy atom. The summed E-state index contributed by atoms with van der Waals surface area (Å²) in [6, 6.07) is 0.605. The van der Waals surface area contributed by atoms with E-state index in [0.717, 1.165) is 5.96 Å². The zero-order chi connectivity index (χ0) is 8.48. The predicted octanol–water partition coefficient (Wildman–Crippen LogP) is 0.580. The fraction of sp³-hybridized carbons (Fsp3) is 0.875. The van der Waals surface area contributed by atoms with Crippen molar-refractivity contribution in [3.05, 3.63) is 0 Å². The van der Waals surface area contributed by atoms with E-state index in [1.807, 2.05) is 7.05 Å². The normalized spacial score (nSPS) is 28.0. The van der Waals surface area contributed by atoms with E-state index >= 15 is 0 Å². The summed E-state index contributed by atoms with van der Waals surface area (Å²) in [4.78, 5) is 4.05. The maximum atomic E-state index is 4.05. The van der Waals surface area contributed by atoms with Gasteiger partial charge in [0.1, 0.15) is 0 Å². The predicted molar refractivity (Wildman–Crippen MR) is 47.7 cm³/mol. The highest BCUT2D eigenvalue weighted by Gasteiger charge is 2.46. The van der Waals surface area contributed by atoms with Crippen LogP contribution >= 0.6 is 0 Å². The lowest BCUT2D eigenvalue weighted by molar-refractivity contribution is 0.591. The third-order valence-electron chi connectivity index (χ3n) is 2.28. The molecule has 0 aromatic rings. The van der Waals surface area contributed by atoms with Gasteiger partial charge in [0.05, 0.1) is 0 Å². The van der Waals surface area contributed by atoms with Crippen molar-refractivity contribution in [3.8, 4) is 0 Å². The summed E-state index contributed by atoms with van der Waals surface area (Å²) in [6.07, 6.45) is 1.24. The second kappa shape index (κ2) is 2.72. The van der Waals surface area contributed by atoms with E-state index in [-0.39, 0.29) is 0 Å². The van der Waals surface area contributed by atoms with Crippen LogP contribution in [0.2, 0.25) is 0 Å². The summed E-state index contributed by atoms with van der Waals surface area (Å²) in [5, 5.41) is 6.32. The first-order valence-corrected chi connectivity index (χ1v) is 4.01. The average molecular weight is 155 g/mol. The Balaban J connectivity index is 2.33. The van der Waals surface area contributed by atoms with Crippen molar-refractivity contribution in [1.29, 1.82) is 0 Å². The largest absolute Gasteiger partial charge is 0.359 e. The monoisotopic (exact) mass is 155 g/mol. The van der Waals surface area contributed by atoms with Crippen molar-refractivity contribution in [2.45, 2.75) is 26.3 Å². The van der Waals surface area contributed by atoms with E-state index in [1.54, 1.807) is 7.05 Å². The summed E-state index contributed by atoms with van der Waals surface area (Å²) in [7, 11) is 3.67. The van der Waals surface area contributed by atoms with Gasteiger partial charge in [-0.25, -0.2) is 0 Å². The van der Waals surface area contributed by atoms with Gasteiger partial charge in [-0.2, -0.15) is 0 Å². The molecule has 64 valence electrons. The van der Waals surface area contributed by atoms with Crippen molar-refractivity contribution in [1.82, 2.24) is 10.6 Å². The highest BCUT2D eigenvalue weighted by Crippen LogP contribution is 2.44. The van der Waals surface area contributed by atoms with E-state index in [4.69, 9.17) is 0 Å². The zero-order valence-corrected chi connectivity index (χ0v) is 7.73. The lowest BCUT2D eigenvalue weighted by Gasteiger charge is -2.09. The number of hydrogen-bond donors (Lipinski definition) is 2. The molecule has 3 heteroatoms. The first-order chi connectivity index (χ1) is 5.10. The maximum Gasteiger partial charge on any atom is 0.190 e. The van der Waals surface area contributed by atoms with Gasteiger partial charge in [-0.3, -0.25) is 4.99 Å². The molecule has 0 heterocycles. The molecular weight excluding hydrogens is 138 g/mol. The molecule has 0 saturated heterocycles. The molecule has 0 amide bonds. The van der Waals surface area contributed by atoms with Crippen molar-refractivity contribution in [2.24, 2.45) is 10.4 Å². The minimum atomic E-state index is 0.465. The topological polar surface area (TPSA) is 36.4 Å². The van der Waals surface area contributed by atoms with Crippen LogP contribution in [0.4, 0.5) is 0 Å². The van der Waals surface area contributed by atoms with Gasteiger partial charge in [0.15, 0.2) is 5.96 Å². The molecule has 1 aliphatic carbocycles. The molecule has 1 rings (SSSR count). The summed E-state index contributed by atoms with van der Waals surface area (Å²) < 4.78 is 0. The van der Waals surface area contributed by atoms with Gasteiger partial charge in [0.25, 0.3) is 0 Å². The zero-order valence-electron chi connectivity index (χ0n) is 7.73. The number of aliphatic imine (C=N–C) groups is 1. The van der Waals surface area contributed by atoms with E-state index in [9.17, 15) is 0 Å². The molecule has 1 unspecified atom stereocenters. The second-order valence-corrected chi connectivity index (χ2v) is 3.71. The molecule has 0 aromatic heterocycles. The molecule has 0 aromatic carbocycles. The smallest absolute Gasteiger partial charge is 0.190 e. The molecule has 2 N–H and O–H groups in total. The van der Waals surface area contributed by atoms with Gasteiger partial charge in [0.2, 0.25) is 0 Å². The molecule has 0 aliphatic heterocycles. The van der Waals surface area contributed by atoms with Crippen molar-refractivity contribution < 1.29 is 0 Å². The Kier molecular flexibility index (Phi) is 2.07. The van der Waals surface area contributed by atoms with Crippen LogP contribution in [-0.2, 0) is 0 Å². The highest BCUT2D eigenvalue weighted by molar-refractivity contribution is 5.80. The fourth-order valence-electron chi connectivity index (χ4n) is 1.13. The maximum absolute atomic E-state index is 4.05. The molecule has 1 fully saturated rings. The number of nitrogens with zero attached hydrogens (tertiary/aromatic N) is 1. The molecule has 1 aliphatic rings. The first-order valence-electron chi connectivity index (χ1n) is 4.01. The Morgan fingerprint density at radius 3 is 2.36 bits per heavy atom. The van der Waals surface area contributed by atoms with Crippen LogP contribution in [0.1, 0.15) is 20.3 Å². The van der Waals surface area contributed by atoms with Crippen LogP contribution in [0.25, 0.3) is 0 Å². The van der Waals surface area contributed by atoms with Crippen molar-refractivity contribution >= 4 is 5.96 Å². The van der Waals surface area contributed by atoms with Crippen LogP contribution in [0.15, 0.2) is 4.99 Å². The van der Waals surface area contributed by atoms with Crippen LogP contribution < -0.4 is 10.6 Å². The Labute approximate surface area is 68.3 Å². The summed E-state index contributed by atoms with van der Waals surface area (Å²) >= 11 is 0. The van der Waals surface area contributed by atoms with E-state index in [2.05, 4.69) is 29.5 Å². The summed E-state index contributed by atoms with van der Waals surface area (Å²) in [5.74, 6) is 0.889. The number of hydrogen-bond acceptors (Lipinski definition) is 1. The first kappa shape index (κ1) is 8.37. The Hall–Kier alpha value is -0.730. The molecule has 1 saturated carbocycles. The number of nitrogens with one attached hydrogen (secondary N) is 2. The van der Waals surface area contributed by atoms with Gasteiger partial charge in [-0.05, 0) is 11.8 Å². The van der Waals surface area contributed by atoms with E-state index < -0.39 is 0 Å². The SMILES string of the molecule is CN=C(NC)NC1CC1(C)C. The molecule has 0 radical (unpaired) electrons. The van der Waals surface area contributed by atoms with Gasteiger partial charge in [-0.15, -0.1) is 0 Å². The van der Waals surface area contributed by atoms with Crippen LogP contribution in [0.5, 0.6) is 0 Å². The molecule has 1 atom stereocenters. The quantitative estimate of drug-likeness (QED) is 0.429. The fourth-order valence-corrected chi connectivity index (χ4v) is 1.13. The van der Waals surface area contributed by atoms with Gasteiger partial charge < -0.3 is 10.6 Å². The second-order valence-electron chi connectivity index (χ2n) is 3.71. The minimum Gasteiger partial charge on any atom is -0.359 e. The van der Waals surface area contributed by atoms with Crippen molar-refractivity contribution in [3.63, 3.8) is 0 Å². The molecule has 11 heavy (non-hydrogen) atoms. The number of guanidine groups is 1. The van der Waals surface area contributed by atoms with E-state index in [0.29, 0.717) is 11.5 Å². The van der Waals surface area contributed by atoms with Gasteiger partial charge in [-0.1, -0.05) is 13.8 Å². The standard InChI is InChI=1S/C8H17N3/c1-8(2)5-6(8)11-7(9-3)10-4/h6H,5H2,1-4H3,(H2,9,10,11). The lowest BCUT2D eigenvalue weighted by atomic mass is 10.2. The highest BCUT2D eigenvalue weighted by atomic mass is 15.2. The Bertz CT molecular complexity index is 172. The van der Waals surface area contributed by atoms with E-state index in [1.165, 1.54) is 6.42 Å². The summed E-state index contributed by atoms with van der Waals surface area (Å²) in [6.45, 7) is 4.52. The molecule has 3 nitrogen and oxygen atoms in total. The molecule has 0 spiro atoms. The minimum absolute atomic E-state index is 0.465. The third kappa shape index (κ3) is 1.85. The van der Waals surface area contributed by atoms with Gasteiger partial charge >= 0.3 is 0 Å². The van der Waals surface area contributed by atoms with Gasteiger partial charge in [0, 0.05) is 20.1 Å². The third-order valence-corrected chi connectivity index (χ3v) is 2.28. The van der Waals surface area contributed by atoms with Crippen molar-refractivity contribution in [2.75, 3.05) is 14.1 Å². The average Bonchev–Trinajstić information content (AvgIpc) is 2.54. The number of rotatable bonds is 1. The molecule has 0 bridgehead atoms. The lowest BCUT2D eigenvalue weighted by Crippen LogP contribution is -2.37. The molecular formula is C8H17N3. The van der Waals surface area contributed by atoms with Crippen LogP contribution in [0, 0.1) is 5.41 Å². The van der Waals surface area contributed by atoms with Crippen LogP contribution in [-0.4, -0.2) is 26.1 Å². The Morgan fingerprint density at radius 2 is 2.09 bits per heavy atom. The van der Waals surface area contributed by atoms with Crippen LogP contribution in [0.3, 0.4) is 0 Å². The summed E-state index contributed by atoms with van der Waals surface area (Å²) in [5.41, 5.74) is 0.465.